The van der Waals surface area contributed by atoms with E-state index in [0.29, 0.717) is 0 Å². The van der Waals surface area contributed by atoms with Crippen LogP contribution in [0.15, 0.2) is 84.9 Å². The van der Waals surface area contributed by atoms with Gasteiger partial charge in [0.1, 0.15) is 23.7 Å². The molecule has 8 rings (SSSR count). The van der Waals surface area contributed by atoms with Crippen molar-refractivity contribution in [2.75, 3.05) is 70.2 Å². The number of esters is 1. The Bertz CT molecular complexity index is 2010. The molecule has 4 aromatic rings. The van der Waals surface area contributed by atoms with E-state index in [2.05, 4.69) is 44.7 Å². The van der Waals surface area contributed by atoms with E-state index in [9.17, 15) is 14.7 Å². The maximum absolute atomic E-state index is 12.4. The number of carboxylic acid groups (broad SMARTS) is 1. The van der Waals surface area contributed by atoms with Crippen molar-refractivity contribution in [3.8, 4) is 0 Å². The largest absolute Gasteiger partial charge is 1.00 e. The number of piperidine rings is 2. The summed E-state index contributed by atoms with van der Waals surface area (Å²) in [5, 5.41) is 16.5. The fourth-order valence-corrected chi connectivity index (χ4v) is 9.32. The Labute approximate surface area is 397 Å². The number of ether oxygens (including phenoxy) is 3. The number of hydrogen-bond acceptors (Lipinski definition) is 12. The van der Waals surface area contributed by atoms with E-state index in [1.807, 2.05) is 60.7 Å². The van der Waals surface area contributed by atoms with Gasteiger partial charge in [-0.25, -0.2) is 14.8 Å². The van der Waals surface area contributed by atoms with Crippen LogP contribution >= 0.6 is 0 Å². The first-order chi connectivity index (χ1) is 30.9. The predicted octanol–water partition coefficient (Wildman–Crippen LogP) is 5.05. The Kier molecular flexibility index (Phi) is 21.7. The molecule has 0 saturated carbocycles. The van der Waals surface area contributed by atoms with Gasteiger partial charge in [0.2, 0.25) is 0 Å². The number of methoxy groups -OCH3 is 1. The average Bonchev–Trinajstić information content (AvgIpc) is 3.33. The summed E-state index contributed by atoms with van der Waals surface area (Å²) in [4.78, 5) is 38.1. The second-order valence-electron chi connectivity index (χ2n) is 17.3. The first-order valence-electron chi connectivity index (χ1n) is 23.5. The zero-order chi connectivity index (χ0) is 43.6. The van der Waals surface area contributed by atoms with Gasteiger partial charge in [0.05, 0.1) is 19.3 Å². The van der Waals surface area contributed by atoms with Crippen molar-refractivity contribution in [1.82, 2.24) is 19.8 Å². The molecule has 0 amide bonds. The number of fused-ring (bicyclic) bond motifs is 2. The van der Waals surface area contributed by atoms with Gasteiger partial charge < -0.3 is 35.4 Å². The topological polar surface area (TPSA) is 168 Å². The van der Waals surface area contributed by atoms with Gasteiger partial charge in [-0.15, -0.1) is 0 Å². The van der Waals surface area contributed by atoms with E-state index in [1.54, 1.807) is 0 Å². The number of aromatic nitrogens is 2. The average molecular weight is 885 g/mol. The molecule has 2 atom stereocenters. The van der Waals surface area contributed by atoms with E-state index in [1.165, 1.54) is 36.8 Å². The quantitative estimate of drug-likeness (QED) is 0.0691. The number of benzene rings is 2. The third-order valence-electron chi connectivity index (χ3n) is 12.8. The van der Waals surface area contributed by atoms with Crippen LogP contribution < -0.4 is 29.5 Å². The summed E-state index contributed by atoms with van der Waals surface area (Å²) in [7, 11) is 1.46. The van der Waals surface area contributed by atoms with Gasteiger partial charge >= 0.3 is 30.8 Å². The maximum atomic E-state index is 12.4. The van der Waals surface area contributed by atoms with Gasteiger partial charge in [0.15, 0.2) is 0 Å². The normalized spacial score (nSPS) is 17.5. The Morgan fingerprint density at radius 2 is 1.08 bits per heavy atom. The summed E-state index contributed by atoms with van der Waals surface area (Å²) in [6.45, 7) is 6.78. The van der Waals surface area contributed by atoms with Crippen LogP contribution in [-0.4, -0.2) is 114 Å². The van der Waals surface area contributed by atoms with Crippen molar-refractivity contribution in [3.63, 3.8) is 0 Å². The van der Waals surface area contributed by atoms with E-state index < -0.39 is 12.0 Å². The molecule has 2 aromatic heterocycles. The number of anilines is 2. The maximum Gasteiger partial charge on any atom is 1.00 e. The Balaban J connectivity index is 0.000000237. The number of nitrogens with zero attached hydrogens (tertiary/aromatic N) is 4. The number of likely N-dealkylation sites (tertiary alicyclic amines) is 2. The fraction of sp³-hybridized carbons (Fsp3) is 0.529. The first-order valence-corrected chi connectivity index (χ1v) is 23.5. The van der Waals surface area contributed by atoms with Crippen LogP contribution in [0.5, 0.6) is 0 Å². The second kappa shape index (κ2) is 27.3. The van der Waals surface area contributed by atoms with Crippen LogP contribution in [-0.2, 0) is 49.5 Å². The van der Waals surface area contributed by atoms with E-state index in [-0.39, 0.29) is 48.6 Å². The predicted molar refractivity (Wildman–Crippen MR) is 249 cm³/mol. The molecule has 2 saturated heterocycles. The summed E-state index contributed by atoms with van der Waals surface area (Å²) in [5.41, 5.74) is 6.84. The van der Waals surface area contributed by atoms with Crippen molar-refractivity contribution >= 4 is 23.6 Å². The number of pyridine rings is 2. The molecule has 0 spiro atoms. The van der Waals surface area contributed by atoms with Crippen LogP contribution in [0.25, 0.3) is 0 Å². The van der Waals surface area contributed by atoms with Crippen molar-refractivity contribution in [1.29, 1.82) is 0 Å². The molecule has 2 fully saturated rings. The number of rotatable bonds is 18. The standard InChI is InChI=1S/C26H35N3O3.C25H33N3O3.Li.H2O/c1-31-26(30)24(20-8-3-2-4-9-20)29-17-14-23(15-18-29)32-19-6-5-11-22-13-12-21-10-7-16-27-25(21)28-22;29-25(30)23(19-7-2-1-3-8-19)28-16-13-22(14-17-28)31-18-5-4-10-21-12-11-20-9-6-15-26-24(20)27-21;;/h2-4,8-9,12-13,23-24H,5-7,10-11,14-19H2,1H3,(H,27,28);1-3,7-8,11-12,22-23H,4-6,9-10,13-18H2,(H,26,27)(H,29,30);;1H2/q;;+1;/p-1. The second-order valence-corrected chi connectivity index (χ2v) is 17.3. The zero-order valence-electron chi connectivity index (χ0n) is 38.7. The van der Waals surface area contributed by atoms with Crippen LogP contribution in [0.4, 0.5) is 11.6 Å². The minimum absolute atomic E-state index is 0. The first kappa shape index (κ1) is 51.7. The molecule has 346 valence electrons. The Morgan fingerprint density at radius 1 is 0.646 bits per heavy atom. The van der Waals surface area contributed by atoms with Crippen LogP contribution in [0.3, 0.4) is 0 Å². The minimum Gasteiger partial charge on any atom is -0.870 e. The Hall–Kier alpha value is -4.32. The number of aryl methyl sites for hydroxylation is 4. The molecule has 0 aliphatic carbocycles. The fourth-order valence-electron chi connectivity index (χ4n) is 9.32. The van der Waals surface area contributed by atoms with Gasteiger partial charge in [-0.05, 0) is 124 Å². The number of carbonyl (C=O) groups excluding carboxylic acids is 1. The third kappa shape index (κ3) is 15.4. The molecule has 65 heavy (non-hydrogen) atoms. The number of hydrogen-bond donors (Lipinski definition) is 3. The van der Waals surface area contributed by atoms with E-state index in [0.717, 1.165) is 158 Å². The summed E-state index contributed by atoms with van der Waals surface area (Å²) in [6, 6.07) is 27.3. The van der Waals surface area contributed by atoms with E-state index in [4.69, 9.17) is 24.2 Å². The molecule has 2 aromatic carbocycles. The van der Waals surface area contributed by atoms with Gasteiger partial charge in [0.25, 0.3) is 0 Å². The monoisotopic (exact) mass is 885 g/mol. The zero-order valence-corrected chi connectivity index (χ0v) is 38.7. The molecule has 4 aliphatic heterocycles. The summed E-state index contributed by atoms with van der Waals surface area (Å²) in [6.07, 6.45) is 15.0. The van der Waals surface area contributed by atoms with Crippen molar-refractivity contribution in [2.24, 2.45) is 0 Å². The van der Waals surface area contributed by atoms with Crippen molar-refractivity contribution in [2.45, 2.75) is 114 Å². The summed E-state index contributed by atoms with van der Waals surface area (Å²) in [5.74, 6) is 1.18. The number of aliphatic carboxylic acids is 1. The van der Waals surface area contributed by atoms with Crippen LogP contribution in [0, 0.1) is 0 Å². The molecular weight excluding hydrogens is 816 g/mol. The molecule has 0 radical (unpaired) electrons. The van der Waals surface area contributed by atoms with Gasteiger partial charge in [-0.1, -0.05) is 72.8 Å². The molecule has 14 heteroatoms. The van der Waals surface area contributed by atoms with Crippen LogP contribution in [0.1, 0.15) is 110 Å². The van der Waals surface area contributed by atoms with Gasteiger partial charge in [-0.2, -0.15) is 0 Å². The van der Waals surface area contributed by atoms with Gasteiger partial charge in [0, 0.05) is 63.9 Å². The van der Waals surface area contributed by atoms with Crippen molar-refractivity contribution in [3.05, 3.63) is 119 Å². The summed E-state index contributed by atoms with van der Waals surface area (Å²) >= 11 is 0. The van der Waals surface area contributed by atoms with Crippen LogP contribution in [0.2, 0.25) is 0 Å². The molecule has 0 bridgehead atoms. The smallest absolute Gasteiger partial charge is 0.870 e. The molecule has 4 aliphatic rings. The Morgan fingerprint density at radius 3 is 1.51 bits per heavy atom. The minimum atomic E-state index is -0.781. The molecule has 2 unspecified atom stereocenters. The molecule has 4 N–H and O–H groups in total. The third-order valence-corrected chi connectivity index (χ3v) is 12.8. The number of nitrogens with one attached hydrogen (secondary N) is 2. The number of carbonyl (C=O) groups is 2. The summed E-state index contributed by atoms with van der Waals surface area (Å²) < 4.78 is 17.3. The SMILES string of the molecule is COC(=O)C(c1ccccc1)N1CCC(OCCCCc2ccc3c(n2)NCCC3)CC1.O=C(O)C(c1ccccc1)N1CCC(OCCCCc2ccc3c(n2)NCCC3)CC1.[Li+].[OH-]. The van der Waals surface area contributed by atoms with Crippen molar-refractivity contribution < 1.29 is 53.2 Å². The number of carboxylic acids is 1. The molecule has 6 heterocycles. The molecular formula is C51H69LiN6O7. The van der Waals surface area contributed by atoms with E-state index >= 15 is 0 Å². The number of unbranched alkanes of at least 4 members (excludes halogenated alkanes) is 2. The molecule has 13 nitrogen and oxygen atoms in total. The van der Waals surface area contributed by atoms with Gasteiger partial charge in [-0.3, -0.25) is 14.6 Å².